The molecule has 0 radical (unpaired) electrons. The molecule has 0 aromatic heterocycles. The third kappa shape index (κ3) is 4.38. The lowest BCUT2D eigenvalue weighted by Crippen LogP contribution is -2.28. The van der Waals surface area contributed by atoms with Crippen molar-refractivity contribution < 1.29 is 34.4 Å². The monoisotopic (exact) mass is 282 g/mol. The number of carboxylic acid groups (broad SMARTS) is 1. The Labute approximate surface area is 114 Å². The summed E-state index contributed by atoms with van der Waals surface area (Å²) in [5.74, 6) is -1.86. The van der Waals surface area contributed by atoms with E-state index in [9.17, 15) is 9.59 Å². The van der Waals surface area contributed by atoms with Crippen molar-refractivity contribution in [1.29, 1.82) is 0 Å². The highest BCUT2D eigenvalue weighted by Crippen LogP contribution is 2.28. The van der Waals surface area contributed by atoms with Crippen LogP contribution in [-0.4, -0.2) is 47.1 Å². The van der Waals surface area contributed by atoms with Gasteiger partial charge in [-0.05, 0) is 23.8 Å². The summed E-state index contributed by atoms with van der Waals surface area (Å²) >= 11 is 0. The van der Waals surface area contributed by atoms with Crippen LogP contribution in [0.5, 0.6) is 11.5 Å². The quantitative estimate of drug-likeness (QED) is 0.384. The fourth-order valence-electron chi connectivity index (χ4n) is 1.29. The number of aliphatic carboxylic acids is 1. The molecule has 0 saturated heterocycles. The van der Waals surface area contributed by atoms with Crippen molar-refractivity contribution in [3.63, 3.8) is 0 Å². The van der Waals surface area contributed by atoms with Gasteiger partial charge in [0.25, 0.3) is 0 Å². The van der Waals surface area contributed by atoms with E-state index >= 15 is 0 Å². The number of aliphatic hydroxyl groups is 2. The molecule has 1 aromatic rings. The van der Waals surface area contributed by atoms with Crippen molar-refractivity contribution in [2.75, 3.05) is 13.7 Å². The van der Waals surface area contributed by atoms with Crippen LogP contribution >= 0.6 is 0 Å². The average Bonchev–Trinajstić information content (AvgIpc) is 2.44. The van der Waals surface area contributed by atoms with E-state index in [0.29, 0.717) is 5.56 Å². The Kier molecular flexibility index (Phi) is 5.70. The number of esters is 1. The molecular weight excluding hydrogens is 268 g/mol. The van der Waals surface area contributed by atoms with E-state index in [1.807, 2.05) is 0 Å². The molecular formula is C13H14O7. The molecule has 0 spiro atoms. The maximum Gasteiger partial charge on any atom is 0.342 e. The van der Waals surface area contributed by atoms with E-state index in [0.717, 1.165) is 6.08 Å². The first kappa shape index (κ1) is 15.7. The van der Waals surface area contributed by atoms with E-state index in [-0.39, 0.29) is 11.5 Å². The lowest BCUT2D eigenvalue weighted by Gasteiger charge is -2.11. The van der Waals surface area contributed by atoms with Gasteiger partial charge in [-0.15, -0.1) is 0 Å². The van der Waals surface area contributed by atoms with Gasteiger partial charge in [-0.2, -0.15) is 0 Å². The van der Waals surface area contributed by atoms with Crippen LogP contribution in [0, 0.1) is 0 Å². The Bertz CT molecular complexity index is 521. The van der Waals surface area contributed by atoms with Gasteiger partial charge in [0.1, 0.15) is 0 Å². The fraction of sp³-hybridized carbons (Fsp3) is 0.231. The van der Waals surface area contributed by atoms with Gasteiger partial charge in [-0.1, -0.05) is 6.07 Å². The van der Waals surface area contributed by atoms with E-state index in [1.54, 1.807) is 0 Å². The van der Waals surface area contributed by atoms with Crippen LogP contribution in [0.15, 0.2) is 24.3 Å². The molecule has 0 aliphatic carbocycles. The molecule has 20 heavy (non-hydrogen) atoms. The molecule has 0 heterocycles. The molecule has 0 amide bonds. The van der Waals surface area contributed by atoms with Gasteiger partial charge < -0.3 is 24.8 Å². The lowest BCUT2D eigenvalue weighted by atomic mass is 10.2. The summed E-state index contributed by atoms with van der Waals surface area (Å²) < 4.78 is 9.86. The average molecular weight is 282 g/mol. The van der Waals surface area contributed by atoms with E-state index < -0.39 is 24.6 Å². The largest absolute Gasteiger partial charge is 0.493 e. The van der Waals surface area contributed by atoms with Gasteiger partial charge in [0.2, 0.25) is 0 Å². The van der Waals surface area contributed by atoms with Crippen molar-refractivity contribution in [3.8, 4) is 11.5 Å². The van der Waals surface area contributed by atoms with Gasteiger partial charge >= 0.3 is 11.9 Å². The number of rotatable bonds is 6. The minimum Gasteiger partial charge on any atom is -0.493 e. The van der Waals surface area contributed by atoms with Crippen LogP contribution < -0.4 is 9.47 Å². The molecule has 1 rings (SSSR count). The van der Waals surface area contributed by atoms with Crippen molar-refractivity contribution in [3.05, 3.63) is 29.8 Å². The summed E-state index contributed by atoms with van der Waals surface area (Å²) in [6, 6.07) is 4.37. The molecule has 7 nitrogen and oxygen atoms in total. The van der Waals surface area contributed by atoms with Crippen LogP contribution in [0.4, 0.5) is 0 Å². The minimum atomic E-state index is -1.63. The maximum absolute atomic E-state index is 11.3. The summed E-state index contributed by atoms with van der Waals surface area (Å²) in [6.07, 6.45) is 0.668. The van der Waals surface area contributed by atoms with Crippen LogP contribution in [0.25, 0.3) is 6.08 Å². The minimum absolute atomic E-state index is 0.0532. The molecule has 108 valence electrons. The molecule has 3 N–H and O–H groups in total. The normalized spacial score (nSPS) is 12.2. The SMILES string of the molecule is COc1cc(C=CC(=O)O)ccc1OC(=O)C(O)CO. The van der Waals surface area contributed by atoms with Gasteiger partial charge in [-0.25, -0.2) is 9.59 Å². The van der Waals surface area contributed by atoms with Crippen molar-refractivity contribution in [1.82, 2.24) is 0 Å². The molecule has 0 aliphatic heterocycles. The number of ether oxygens (including phenoxy) is 2. The molecule has 1 aromatic carbocycles. The zero-order chi connectivity index (χ0) is 15.1. The third-order valence-electron chi connectivity index (χ3n) is 2.26. The Morgan fingerprint density at radius 3 is 2.60 bits per heavy atom. The van der Waals surface area contributed by atoms with E-state index in [4.69, 9.17) is 24.8 Å². The van der Waals surface area contributed by atoms with Crippen LogP contribution in [0.3, 0.4) is 0 Å². The summed E-state index contributed by atoms with van der Waals surface area (Å²) in [4.78, 5) is 21.7. The Balaban J connectivity index is 2.93. The predicted octanol–water partition coefficient (Wildman–Crippen LogP) is 0.0516. The Morgan fingerprint density at radius 1 is 1.35 bits per heavy atom. The van der Waals surface area contributed by atoms with Crippen LogP contribution in [0.1, 0.15) is 5.56 Å². The molecule has 0 bridgehead atoms. The number of carboxylic acids is 1. The first-order valence-corrected chi connectivity index (χ1v) is 5.57. The zero-order valence-corrected chi connectivity index (χ0v) is 10.6. The maximum atomic E-state index is 11.3. The first-order valence-electron chi connectivity index (χ1n) is 5.57. The summed E-state index contributed by atoms with van der Waals surface area (Å²) in [6.45, 7) is -0.749. The van der Waals surface area contributed by atoms with Crippen LogP contribution in [-0.2, 0) is 9.59 Å². The second-order valence-corrected chi connectivity index (χ2v) is 3.70. The molecule has 0 saturated carbocycles. The fourth-order valence-corrected chi connectivity index (χ4v) is 1.29. The van der Waals surface area contributed by atoms with Gasteiger partial charge in [-0.3, -0.25) is 0 Å². The topological polar surface area (TPSA) is 113 Å². The first-order chi connectivity index (χ1) is 9.47. The summed E-state index contributed by atoms with van der Waals surface area (Å²) in [5, 5.41) is 26.3. The van der Waals surface area contributed by atoms with Crippen LogP contribution in [0.2, 0.25) is 0 Å². The predicted molar refractivity (Wildman–Crippen MR) is 68.4 cm³/mol. The highest BCUT2D eigenvalue weighted by Gasteiger charge is 2.18. The standard InChI is InChI=1S/C13H14O7/c1-19-11-6-8(3-5-12(16)17)2-4-10(11)20-13(18)9(15)7-14/h2-6,9,14-15H,7H2,1H3,(H,16,17). The second kappa shape index (κ2) is 7.27. The number of hydrogen-bond acceptors (Lipinski definition) is 6. The van der Waals surface area contributed by atoms with Gasteiger partial charge in [0.05, 0.1) is 13.7 Å². The van der Waals surface area contributed by atoms with Gasteiger partial charge in [0, 0.05) is 6.08 Å². The highest BCUT2D eigenvalue weighted by atomic mass is 16.6. The number of carbonyl (C=O) groups excluding carboxylic acids is 1. The second-order valence-electron chi connectivity index (χ2n) is 3.70. The lowest BCUT2D eigenvalue weighted by molar-refractivity contribution is -0.145. The summed E-state index contributed by atoms with van der Waals surface area (Å²) in [5.41, 5.74) is 0.534. The number of aliphatic hydroxyl groups excluding tert-OH is 2. The van der Waals surface area contributed by atoms with Gasteiger partial charge in [0.15, 0.2) is 17.6 Å². The Hall–Kier alpha value is -2.38. The van der Waals surface area contributed by atoms with Crippen molar-refractivity contribution in [2.24, 2.45) is 0 Å². The zero-order valence-electron chi connectivity index (χ0n) is 10.6. The number of hydrogen-bond donors (Lipinski definition) is 3. The smallest absolute Gasteiger partial charge is 0.342 e. The summed E-state index contributed by atoms with van der Waals surface area (Å²) in [7, 11) is 1.35. The number of methoxy groups -OCH3 is 1. The molecule has 7 heteroatoms. The van der Waals surface area contributed by atoms with Crippen molar-refractivity contribution >= 4 is 18.0 Å². The third-order valence-corrected chi connectivity index (χ3v) is 2.26. The Morgan fingerprint density at radius 2 is 2.05 bits per heavy atom. The van der Waals surface area contributed by atoms with Crippen molar-refractivity contribution in [2.45, 2.75) is 6.10 Å². The van der Waals surface area contributed by atoms with E-state index in [2.05, 4.69) is 0 Å². The number of benzene rings is 1. The number of carbonyl (C=O) groups is 2. The molecule has 1 unspecified atom stereocenters. The molecule has 1 atom stereocenters. The molecule has 0 fully saturated rings. The molecule has 0 aliphatic rings. The highest BCUT2D eigenvalue weighted by molar-refractivity contribution is 5.85. The van der Waals surface area contributed by atoms with E-state index in [1.165, 1.54) is 31.4 Å².